The van der Waals surface area contributed by atoms with Crippen LogP contribution in [0.4, 0.5) is 8.78 Å². The number of benzene rings is 1. The molecule has 22 heavy (non-hydrogen) atoms. The fourth-order valence-corrected chi connectivity index (χ4v) is 1.88. The van der Waals surface area contributed by atoms with Crippen molar-refractivity contribution in [1.82, 2.24) is 5.32 Å². The van der Waals surface area contributed by atoms with Gasteiger partial charge in [0, 0.05) is 13.0 Å². The fourth-order valence-electron chi connectivity index (χ4n) is 1.88. The molecule has 1 amide bonds. The minimum absolute atomic E-state index is 0.0521. The van der Waals surface area contributed by atoms with Crippen LogP contribution in [0.3, 0.4) is 0 Å². The maximum Gasteiger partial charge on any atom is 0.353 e. The minimum Gasteiger partial charge on any atom is -0.493 e. The van der Waals surface area contributed by atoms with E-state index in [4.69, 9.17) is 9.84 Å². The van der Waals surface area contributed by atoms with Crippen LogP contribution in [0.5, 0.6) is 5.75 Å². The van der Waals surface area contributed by atoms with Gasteiger partial charge in [-0.25, -0.2) is 0 Å². The van der Waals surface area contributed by atoms with Crippen LogP contribution < -0.4 is 10.1 Å². The Kier molecular flexibility index (Phi) is 6.27. The summed E-state index contributed by atoms with van der Waals surface area (Å²) in [6, 6.07) is 5.43. The number of carboxylic acid groups (broad SMARTS) is 1. The molecule has 0 spiro atoms. The molecule has 122 valence electrons. The molecule has 0 aliphatic rings. The van der Waals surface area contributed by atoms with Gasteiger partial charge in [-0.15, -0.1) is 0 Å². The summed E-state index contributed by atoms with van der Waals surface area (Å²) < 4.78 is 33.6. The molecule has 1 aromatic carbocycles. The van der Waals surface area contributed by atoms with E-state index in [0.29, 0.717) is 0 Å². The van der Waals surface area contributed by atoms with Gasteiger partial charge >= 0.3 is 11.9 Å². The Morgan fingerprint density at radius 1 is 1.36 bits per heavy atom. The predicted octanol–water partition coefficient (Wildman–Crippen LogP) is 2.40. The van der Waals surface area contributed by atoms with E-state index in [1.54, 1.807) is 13.8 Å². The van der Waals surface area contributed by atoms with Crippen LogP contribution in [0, 0.1) is 5.92 Å². The highest BCUT2D eigenvalue weighted by molar-refractivity contribution is 5.85. The van der Waals surface area contributed by atoms with Gasteiger partial charge in [0.05, 0.1) is 12.2 Å². The summed E-state index contributed by atoms with van der Waals surface area (Å²) in [4.78, 5) is 22.3. The Hall–Kier alpha value is -2.18. The number of halogens is 2. The monoisotopic (exact) mass is 315 g/mol. The smallest absolute Gasteiger partial charge is 0.353 e. The zero-order valence-electron chi connectivity index (χ0n) is 12.4. The van der Waals surface area contributed by atoms with Gasteiger partial charge in [-0.1, -0.05) is 19.1 Å². The van der Waals surface area contributed by atoms with Crippen molar-refractivity contribution in [2.45, 2.75) is 26.2 Å². The topological polar surface area (TPSA) is 75.6 Å². The maximum atomic E-state index is 14.2. The Morgan fingerprint density at radius 2 is 2.00 bits per heavy atom. The molecular weight excluding hydrogens is 296 g/mol. The van der Waals surface area contributed by atoms with Gasteiger partial charge in [0.25, 0.3) is 5.91 Å². The third kappa shape index (κ3) is 4.68. The number of hydrogen-bond donors (Lipinski definition) is 2. The lowest BCUT2D eigenvalue weighted by atomic mass is 10.1. The fraction of sp³-hybridized carbons (Fsp3) is 0.467. The molecule has 0 aliphatic heterocycles. The van der Waals surface area contributed by atoms with Crippen molar-refractivity contribution in [3.8, 4) is 5.75 Å². The van der Waals surface area contributed by atoms with Crippen LogP contribution in [0.25, 0.3) is 0 Å². The minimum atomic E-state index is -3.76. The number of nitrogens with one attached hydrogen (secondary N) is 1. The van der Waals surface area contributed by atoms with Crippen molar-refractivity contribution >= 4 is 11.9 Å². The first-order valence-corrected chi connectivity index (χ1v) is 6.89. The van der Waals surface area contributed by atoms with Crippen molar-refractivity contribution in [2.75, 3.05) is 13.2 Å². The summed E-state index contributed by atoms with van der Waals surface area (Å²) in [5.74, 6) is -6.77. The van der Waals surface area contributed by atoms with Crippen molar-refractivity contribution in [3.05, 3.63) is 29.8 Å². The lowest BCUT2D eigenvalue weighted by Gasteiger charge is -2.20. The normalized spacial score (nSPS) is 12.5. The second-order valence-electron chi connectivity index (χ2n) is 4.92. The molecule has 0 radical (unpaired) electrons. The van der Waals surface area contributed by atoms with E-state index in [2.05, 4.69) is 5.32 Å². The van der Waals surface area contributed by atoms with E-state index in [1.807, 2.05) is 0 Å². The van der Waals surface area contributed by atoms with Crippen LogP contribution in [0.15, 0.2) is 24.3 Å². The first kappa shape index (κ1) is 17.9. The number of carbonyl (C=O) groups excluding carboxylic acids is 1. The van der Waals surface area contributed by atoms with E-state index in [-0.39, 0.29) is 25.3 Å². The molecule has 7 heteroatoms. The van der Waals surface area contributed by atoms with E-state index in [0.717, 1.165) is 6.07 Å². The van der Waals surface area contributed by atoms with Crippen LogP contribution in [-0.4, -0.2) is 30.1 Å². The zero-order chi connectivity index (χ0) is 16.8. The van der Waals surface area contributed by atoms with Crippen molar-refractivity contribution in [1.29, 1.82) is 0 Å². The molecule has 5 nitrogen and oxygen atoms in total. The Bertz CT molecular complexity index is 534. The van der Waals surface area contributed by atoms with Crippen LogP contribution in [-0.2, 0) is 15.5 Å². The van der Waals surface area contributed by atoms with Gasteiger partial charge in [0.15, 0.2) is 0 Å². The standard InChI is InChI=1S/C15H19F2NO4/c1-3-22-12-7-5-4-6-11(12)15(16,17)14(21)18-9-10(2)8-13(19)20/h4-7,10H,3,8-9H2,1-2H3,(H,18,21)(H,19,20). The number of amides is 1. The average Bonchev–Trinajstić information content (AvgIpc) is 2.44. The van der Waals surface area contributed by atoms with E-state index in [1.165, 1.54) is 18.2 Å². The maximum absolute atomic E-state index is 14.2. The van der Waals surface area contributed by atoms with Gasteiger partial charge in [0.1, 0.15) is 5.75 Å². The largest absolute Gasteiger partial charge is 0.493 e. The summed E-state index contributed by atoms with van der Waals surface area (Å²) in [6.45, 7) is 3.27. The Labute approximate surface area is 127 Å². The third-order valence-electron chi connectivity index (χ3n) is 2.94. The molecule has 0 fully saturated rings. The number of aliphatic carboxylic acids is 1. The lowest BCUT2D eigenvalue weighted by molar-refractivity contribution is -0.147. The Balaban J connectivity index is 2.80. The summed E-state index contributed by atoms with van der Waals surface area (Å²) in [5.41, 5.74) is -0.514. The molecule has 0 saturated heterocycles. The quantitative estimate of drug-likeness (QED) is 0.772. The molecule has 0 heterocycles. The second-order valence-corrected chi connectivity index (χ2v) is 4.92. The van der Waals surface area contributed by atoms with Gasteiger partial charge in [-0.2, -0.15) is 8.78 Å². The average molecular weight is 315 g/mol. The van der Waals surface area contributed by atoms with Crippen molar-refractivity contribution in [2.24, 2.45) is 5.92 Å². The van der Waals surface area contributed by atoms with E-state index < -0.39 is 29.3 Å². The summed E-state index contributed by atoms with van der Waals surface area (Å²) >= 11 is 0. The molecule has 1 atom stereocenters. The SMILES string of the molecule is CCOc1ccccc1C(F)(F)C(=O)NCC(C)CC(=O)O. The highest BCUT2D eigenvalue weighted by Crippen LogP contribution is 2.35. The summed E-state index contributed by atoms with van der Waals surface area (Å²) in [7, 11) is 0. The number of para-hydroxylation sites is 1. The zero-order valence-corrected chi connectivity index (χ0v) is 12.4. The molecule has 1 aromatic rings. The number of rotatable bonds is 8. The first-order chi connectivity index (χ1) is 10.3. The number of hydrogen-bond acceptors (Lipinski definition) is 3. The molecule has 0 aliphatic carbocycles. The van der Waals surface area contributed by atoms with Crippen molar-refractivity contribution < 1.29 is 28.2 Å². The predicted molar refractivity (Wildman–Crippen MR) is 75.9 cm³/mol. The number of alkyl halides is 2. The van der Waals surface area contributed by atoms with Gasteiger partial charge < -0.3 is 15.2 Å². The molecule has 1 unspecified atom stereocenters. The molecule has 0 bridgehead atoms. The Morgan fingerprint density at radius 3 is 2.59 bits per heavy atom. The first-order valence-electron chi connectivity index (χ1n) is 6.89. The van der Waals surface area contributed by atoms with Gasteiger partial charge in [-0.05, 0) is 25.0 Å². The number of ether oxygens (including phenoxy) is 1. The third-order valence-corrected chi connectivity index (χ3v) is 2.94. The van der Waals surface area contributed by atoms with E-state index >= 15 is 0 Å². The number of carboxylic acids is 1. The second kappa shape index (κ2) is 7.72. The summed E-state index contributed by atoms with van der Waals surface area (Å²) in [6.07, 6.45) is -0.207. The molecule has 0 saturated carbocycles. The highest BCUT2D eigenvalue weighted by atomic mass is 19.3. The van der Waals surface area contributed by atoms with Gasteiger partial charge in [0.2, 0.25) is 0 Å². The van der Waals surface area contributed by atoms with E-state index in [9.17, 15) is 18.4 Å². The van der Waals surface area contributed by atoms with Crippen LogP contribution >= 0.6 is 0 Å². The van der Waals surface area contributed by atoms with Crippen LogP contribution in [0.2, 0.25) is 0 Å². The van der Waals surface area contributed by atoms with Crippen molar-refractivity contribution in [3.63, 3.8) is 0 Å². The number of carbonyl (C=O) groups is 2. The van der Waals surface area contributed by atoms with Gasteiger partial charge in [-0.3, -0.25) is 9.59 Å². The molecule has 0 aromatic heterocycles. The summed E-state index contributed by atoms with van der Waals surface area (Å²) in [5, 5.41) is 10.7. The highest BCUT2D eigenvalue weighted by Gasteiger charge is 2.43. The molecule has 1 rings (SSSR count). The van der Waals surface area contributed by atoms with Crippen LogP contribution in [0.1, 0.15) is 25.8 Å². The molecular formula is C15H19F2NO4. The lowest BCUT2D eigenvalue weighted by Crippen LogP contribution is -2.40. The molecule has 2 N–H and O–H groups in total.